The molecule has 0 saturated heterocycles. The topological polar surface area (TPSA) is 30.0 Å². The lowest BCUT2D eigenvalue weighted by atomic mass is 9.71. The summed E-state index contributed by atoms with van der Waals surface area (Å²) < 4.78 is 0. The van der Waals surface area contributed by atoms with Gasteiger partial charge in [0.2, 0.25) is 0 Å². The number of fused-ring (bicyclic) bond motifs is 2. The summed E-state index contributed by atoms with van der Waals surface area (Å²) in [5.41, 5.74) is 6.82. The van der Waals surface area contributed by atoms with Crippen molar-refractivity contribution in [2.75, 3.05) is 0 Å². The molecule has 0 bridgehead atoms. The number of hydrogen-bond acceptors (Lipinski definition) is 2. The Kier molecular flexibility index (Phi) is 3.94. The van der Waals surface area contributed by atoms with Crippen molar-refractivity contribution in [2.45, 2.75) is 84.5 Å². The molecule has 0 amide bonds. The van der Waals surface area contributed by atoms with Gasteiger partial charge in [0, 0.05) is 29.0 Å². The summed E-state index contributed by atoms with van der Waals surface area (Å²) >= 11 is 0. The van der Waals surface area contributed by atoms with Gasteiger partial charge in [-0.25, -0.2) is 0 Å². The Hall–Kier alpha value is -1.44. The first-order chi connectivity index (χ1) is 11.9. The summed E-state index contributed by atoms with van der Waals surface area (Å²) in [5, 5.41) is 0. The molecule has 1 aromatic rings. The highest BCUT2D eigenvalue weighted by atomic mass is 16.1. The standard InChI is InChI=1S/C23H31NO/c1-5-10-23(11-6-7-16-15(2)18(16)12-23)21-9-8-17-19(24-21)13-22(3,4)14-20(17)25/h8-9,18H,5-7,10-14H2,1-4H3. The quantitative estimate of drug-likeness (QED) is 0.653. The van der Waals surface area contributed by atoms with Crippen LogP contribution in [-0.4, -0.2) is 10.8 Å². The second-order valence-corrected chi connectivity index (χ2v) is 9.48. The van der Waals surface area contributed by atoms with E-state index >= 15 is 0 Å². The van der Waals surface area contributed by atoms with Crippen LogP contribution in [0.25, 0.3) is 0 Å². The van der Waals surface area contributed by atoms with Gasteiger partial charge in [0.25, 0.3) is 0 Å². The molecule has 0 N–H and O–H groups in total. The molecule has 3 aliphatic carbocycles. The van der Waals surface area contributed by atoms with Crippen molar-refractivity contribution in [3.8, 4) is 0 Å². The van der Waals surface area contributed by atoms with Crippen LogP contribution in [0.3, 0.4) is 0 Å². The van der Waals surface area contributed by atoms with Crippen LogP contribution < -0.4 is 0 Å². The van der Waals surface area contributed by atoms with Crippen LogP contribution in [0, 0.1) is 11.3 Å². The van der Waals surface area contributed by atoms with E-state index in [0.29, 0.717) is 6.42 Å². The molecule has 0 aliphatic heterocycles. The van der Waals surface area contributed by atoms with E-state index in [-0.39, 0.29) is 16.6 Å². The van der Waals surface area contributed by atoms with Gasteiger partial charge in [-0.3, -0.25) is 9.78 Å². The fourth-order valence-electron chi connectivity index (χ4n) is 5.51. The number of aromatic nitrogens is 1. The second-order valence-electron chi connectivity index (χ2n) is 9.48. The number of nitrogens with zero attached hydrogens (tertiary/aromatic N) is 1. The van der Waals surface area contributed by atoms with Crippen molar-refractivity contribution in [1.82, 2.24) is 4.98 Å². The van der Waals surface area contributed by atoms with Gasteiger partial charge >= 0.3 is 0 Å². The minimum atomic E-state index is 0.0406. The molecule has 1 saturated carbocycles. The molecule has 4 rings (SSSR count). The van der Waals surface area contributed by atoms with Crippen LogP contribution in [0.1, 0.15) is 94.4 Å². The molecule has 1 heterocycles. The number of carbonyl (C=O) groups excluding carboxylic acids is 1. The molecule has 2 heteroatoms. The number of ketones is 1. The van der Waals surface area contributed by atoms with Crippen molar-refractivity contribution < 1.29 is 4.79 Å². The van der Waals surface area contributed by atoms with Gasteiger partial charge in [0.1, 0.15) is 0 Å². The molecular formula is C23H31NO. The average molecular weight is 338 g/mol. The highest BCUT2D eigenvalue weighted by Crippen LogP contribution is 2.55. The van der Waals surface area contributed by atoms with Crippen molar-refractivity contribution in [3.63, 3.8) is 0 Å². The van der Waals surface area contributed by atoms with Gasteiger partial charge in [-0.15, -0.1) is 0 Å². The maximum Gasteiger partial charge on any atom is 0.165 e. The monoisotopic (exact) mass is 337 g/mol. The Bertz CT molecular complexity index is 757. The summed E-state index contributed by atoms with van der Waals surface area (Å²) in [7, 11) is 0. The van der Waals surface area contributed by atoms with Gasteiger partial charge in [0.05, 0.1) is 5.69 Å². The molecule has 3 aliphatic rings. The Labute approximate surface area is 152 Å². The SMILES string of the molecule is CCCC1(c2ccc3c(n2)CC(C)(C)CC3=O)CCCC2=C(C)C2C1. The van der Waals surface area contributed by atoms with Crippen LogP contribution in [0.5, 0.6) is 0 Å². The highest BCUT2D eigenvalue weighted by molar-refractivity contribution is 5.98. The Morgan fingerprint density at radius 2 is 2.04 bits per heavy atom. The first kappa shape index (κ1) is 17.0. The summed E-state index contributed by atoms with van der Waals surface area (Å²) in [4.78, 5) is 17.7. The van der Waals surface area contributed by atoms with E-state index in [1.54, 1.807) is 11.1 Å². The first-order valence-electron chi connectivity index (χ1n) is 10.1. The zero-order valence-electron chi connectivity index (χ0n) is 16.2. The number of allylic oxidation sites excluding steroid dienone is 2. The van der Waals surface area contributed by atoms with Crippen LogP contribution in [0.15, 0.2) is 23.3 Å². The molecule has 0 radical (unpaired) electrons. The van der Waals surface area contributed by atoms with Crippen molar-refractivity contribution in [1.29, 1.82) is 0 Å². The summed E-state index contributed by atoms with van der Waals surface area (Å²) in [5.74, 6) is 1.02. The zero-order valence-corrected chi connectivity index (χ0v) is 16.2. The predicted octanol–water partition coefficient (Wildman–Crippen LogP) is 5.79. The zero-order chi connectivity index (χ0) is 17.8. The van der Waals surface area contributed by atoms with Crippen LogP contribution in [0.2, 0.25) is 0 Å². The second kappa shape index (κ2) is 5.79. The average Bonchev–Trinajstić information content (AvgIpc) is 3.19. The summed E-state index contributed by atoms with van der Waals surface area (Å²) in [6, 6.07) is 4.28. The van der Waals surface area contributed by atoms with Gasteiger partial charge in [-0.05, 0) is 63.0 Å². The number of hydrogen-bond donors (Lipinski definition) is 0. The summed E-state index contributed by atoms with van der Waals surface area (Å²) in [6.45, 7) is 9.01. The smallest absolute Gasteiger partial charge is 0.165 e. The van der Waals surface area contributed by atoms with Gasteiger partial charge in [-0.1, -0.05) is 38.3 Å². The molecular weight excluding hydrogens is 306 g/mol. The van der Waals surface area contributed by atoms with Crippen molar-refractivity contribution in [2.24, 2.45) is 11.3 Å². The van der Waals surface area contributed by atoms with E-state index in [1.165, 1.54) is 44.2 Å². The van der Waals surface area contributed by atoms with E-state index in [1.807, 2.05) is 0 Å². The Balaban J connectivity index is 1.73. The minimum Gasteiger partial charge on any atom is -0.294 e. The molecule has 0 aromatic carbocycles. The number of pyridine rings is 1. The van der Waals surface area contributed by atoms with Crippen LogP contribution in [-0.2, 0) is 11.8 Å². The maximum atomic E-state index is 12.5. The largest absolute Gasteiger partial charge is 0.294 e. The van der Waals surface area contributed by atoms with Crippen molar-refractivity contribution >= 4 is 5.78 Å². The van der Waals surface area contributed by atoms with Crippen LogP contribution in [0.4, 0.5) is 0 Å². The number of Topliss-reactive ketones (excluding diaryl/α,β-unsaturated/α-hetero) is 1. The van der Waals surface area contributed by atoms with Gasteiger partial charge < -0.3 is 0 Å². The molecule has 25 heavy (non-hydrogen) atoms. The third kappa shape index (κ3) is 2.88. The van der Waals surface area contributed by atoms with E-state index in [4.69, 9.17) is 4.98 Å². The van der Waals surface area contributed by atoms with Gasteiger partial charge in [0.15, 0.2) is 5.78 Å². The molecule has 2 unspecified atom stereocenters. The fourth-order valence-corrected chi connectivity index (χ4v) is 5.51. The minimum absolute atomic E-state index is 0.0406. The molecule has 0 spiro atoms. The molecule has 134 valence electrons. The summed E-state index contributed by atoms with van der Waals surface area (Å²) in [6.07, 6.45) is 9.05. The van der Waals surface area contributed by atoms with E-state index in [9.17, 15) is 4.79 Å². The van der Waals surface area contributed by atoms with Crippen molar-refractivity contribution in [3.05, 3.63) is 40.2 Å². The number of rotatable bonds is 3. The third-order valence-electron chi connectivity index (χ3n) is 6.89. The maximum absolute atomic E-state index is 12.5. The van der Waals surface area contributed by atoms with Gasteiger partial charge in [-0.2, -0.15) is 0 Å². The first-order valence-corrected chi connectivity index (χ1v) is 10.1. The third-order valence-corrected chi connectivity index (χ3v) is 6.89. The Morgan fingerprint density at radius 3 is 2.80 bits per heavy atom. The Morgan fingerprint density at radius 1 is 1.24 bits per heavy atom. The van der Waals surface area contributed by atoms with Crippen LogP contribution >= 0.6 is 0 Å². The van der Waals surface area contributed by atoms with E-state index in [0.717, 1.165) is 23.6 Å². The number of carbonyl (C=O) groups is 1. The van der Waals surface area contributed by atoms with E-state index < -0.39 is 0 Å². The lowest BCUT2D eigenvalue weighted by molar-refractivity contribution is 0.0909. The van der Waals surface area contributed by atoms with E-state index in [2.05, 4.69) is 39.8 Å². The molecule has 1 fully saturated rings. The lowest BCUT2D eigenvalue weighted by Gasteiger charge is -2.35. The highest BCUT2D eigenvalue weighted by Gasteiger charge is 2.45. The molecule has 2 nitrogen and oxygen atoms in total. The normalized spacial score (nSPS) is 30.6. The predicted molar refractivity (Wildman–Crippen MR) is 102 cm³/mol. The molecule has 2 atom stereocenters. The fraction of sp³-hybridized carbons (Fsp3) is 0.652. The lowest BCUT2D eigenvalue weighted by Crippen LogP contribution is -2.32. The molecule has 1 aromatic heterocycles.